The van der Waals surface area contributed by atoms with Crippen molar-refractivity contribution in [3.8, 4) is 17.0 Å². The number of aromatic hydroxyl groups is 1. The molecule has 0 spiro atoms. The number of nitrogens with zero attached hydrogens (tertiary/aromatic N) is 1. The maximum Gasteiger partial charge on any atom is 0.348 e. The maximum atomic E-state index is 13.0. The molecule has 0 bridgehead atoms. The van der Waals surface area contributed by atoms with Gasteiger partial charge in [-0.2, -0.15) is 13.9 Å². The molecule has 2 aromatic rings. The molecule has 0 amide bonds. The molecule has 0 saturated heterocycles. The number of rotatable bonds is 3. The second-order valence-corrected chi connectivity index (χ2v) is 3.61. The number of H-pyrrole nitrogens is 1. The van der Waals surface area contributed by atoms with E-state index in [0.29, 0.717) is 0 Å². The Morgan fingerprint density at radius 1 is 1.22 bits per heavy atom. The van der Waals surface area contributed by atoms with Crippen molar-refractivity contribution in [2.75, 3.05) is 0 Å². The first-order valence-electron chi connectivity index (χ1n) is 4.93. The Morgan fingerprint density at radius 3 is 2.50 bits per heavy atom. The van der Waals surface area contributed by atoms with E-state index < -0.39 is 18.0 Å². The van der Waals surface area contributed by atoms with E-state index in [9.17, 15) is 22.7 Å². The minimum Gasteiger partial charge on any atom is -0.507 e. The largest absolute Gasteiger partial charge is 0.507 e. The minimum atomic E-state index is -4.30. The molecule has 0 fully saturated rings. The van der Waals surface area contributed by atoms with Crippen LogP contribution in [0.5, 0.6) is 5.75 Å². The monoisotopic (exact) mass is 260 g/mol. The zero-order valence-electron chi connectivity index (χ0n) is 8.87. The van der Waals surface area contributed by atoms with E-state index in [4.69, 9.17) is 0 Å². The normalized spacial score (nSPS) is 12.1. The lowest BCUT2D eigenvalue weighted by Gasteiger charge is -2.11. The van der Waals surface area contributed by atoms with Gasteiger partial charge in [-0.1, -0.05) is 12.1 Å². The zero-order valence-corrected chi connectivity index (χ0v) is 8.87. The predicted octanol–water partition coefficient (Wildman–Crippen LogP) is 3.14. The van der Waals surface area contributed by atoms with Crippen LogP contribution in [0.15, 0.2) is 30.3 Å². The van der Waals surface area contributed by atoms with Gasteiger partial charge in [0.25, 0.3) is 0 Å². The number of phenolic OH excluding ortho intramolecular Hbond substituents is 1. The fourth-order valence-corrected chi connectivity index (χ4v) is 1.44. The number of halogens is 4. The lowest BCUT2D eigenvalue weighted by molar-refractivity contribution is -0.137. The van der Waals surface area contributed by atoms with Gasteiger partial charge in [0.05, 0.1) is 5.69 Å². The van der Waals surface area contributed by atoms with E-state index >= 15 is 0 Å². The van der Waals surface area contributed by atoms with Crippen LogP contribution < -0.4 is 0 Å². The van der Waals surface area contributed by atoms with Crippen LogP contribution in [0.2, 0.25) is 0 Å². The summed E-state index contributed by atoms with van der Waals surface area (Å²) in [4.78, 5) is 0. The minimum absolute atomic E-state index is 0.0246. The van der Waals surface area contributed by atoms with Gasteiger partial charge in [0, 0.05) is 5.56 Å². The standard InChI is InChI=1S/C11H8F4N2O/c12-10(13)11(14,15)9-5-7(16-17-9)6-3-1-2-4-8(6)18/h1-5,10,18H,(H,16,17). The van der Waals surface area contributed by atoms with Gasteiger partial charge in [-0.15, -0.1) is 0 Å². The Hall–Kier alpha value is -2.05. The number of nitrogens with one attached hydrogen (secondary N) is 1. The Bertz CT molecular complexity index is 553. The molecular formula is C11H8F4N2O. The third kappa shape index (κ3) is 2.03. The number of aromatic amines is 1. The van der Waals surface area contributed by atoms with E-state index in [1.165, 1.54) is 12.1 Å². The van der Waals surface area contributed by atoms with Gasteiger partial charge in [-0.3, -0.25) is 5.10 Å². The van der Waals surface area contributed by atoms with Crippen LogP contribution in [0.25, 0.3) is 11.3 Å². The SMILES string of the molecule is Oc1ccccc1-c1cc(C(F)(F)C(F)F)[nH]n1. The van der Waals surface area contributed by atoms with Gasteiger partial charge in [-0.25, -0.2) is 8.78 Å². The van der Waals surface area contributed by atoms with Crippen LogP contribution in [0.4, 0.5) is 17.6 Å². The van der Waals surface area contributed by atoms with Crippen LogP contribution in [-0.4, -0.2) is 21.7 Å². The zero-order chi connectivity index (χ0) is 13.3. The van der Waals surface area contributed by atoms with E-state index in [1.54, 1.807) is 12.1 Å². The Morgan fingerprint density at radius 2 is 1.89 bits per heavy atom. The quantitative estimate of drug-likeness (QED) is 0.833. The van der Waals surface area contributed by atoms with E-state index in [2.05, 4.69) is 5.10 Å². The molecule has 2 N–H and O–H groups in total. The molecular weight excluding hydrogens is 252 g/mol. The molecule has 7 heteroatoms. The van der Waals surface area contributed by atoms with Crippen LogP contribution >= 0.6 is 0 Å². The molecule has 1 heterocycles. The summed E-state index contributed by atoms with van der Waals surface area (Å²) in [6, 6.07) is 6.68. The number of phenols is 1. The summed E-state index contributed by atoms with van der Waals surface area (Å²) in [5, 5.41) is 14.9. The average Bonchev–Trinajstić information content (AvgIpc) is 2.79. The van der Waals surface area contributed by atoms with E-state index in [-0.39, 0.29) is 17.0 Å². The third-order valence-electron chi connectivity index (χ3n) is 2.39. The first kappa shape index (κ1) is 12.4. The first-order chi connectivity index (χ1) is 8.43. The Labute approximate surface area is 99.1 Å². The van der Waals surface area contributed by atoms with Gasteiger partial charge in [0.1, 0.15) is 11.4 Å². The van der Waals surface area contributed by atoms with Gasteiger partial charge < -0.3 is 5.11 Å². The number of hydrogen-bond donors (Lipinski definition) is 2. The second-order valence-electron chi connectivity index (χ2n) is 3.61. The van der Waals surface area contributed by atoms with Gasteiger partial charge >= 0.3 is 12.3 Å². The van der Waals surface area contributed by atoms with Crippen molar-refractivity contribution in [1.29, 1.82) is 0 Å². The number of aromatic nitrogens is 2. The molecule has 3 nitrogen and oxygen atoms in total. The molecule has 0 aliphatic heterocycles. The highest BCUT2D eigenvalue weighted by Crippen LogP contribution is 2.36. The van der Waals surface area contributed by atoms with E-state index in [0.717, 1.165) is 6.07 Å². The van der Waals surface area contributed by atoms with Crippen molar-refractivity contribution in [2.24, 2.45) is 0 Å². The molecule has 2 rings (SSSR count). The van der Waals surface area contributed by atoms with Crippen LogP contribution in [0.3, 0.4) is 0 Å². The lowest BCUT2D eigenvalue weighted by atomic mass is 10.1. The molecule has 0 aliphatic carbocycles. The molecule has 18 heavy (non-hydrogen) atoms. The molecule has 0 unspecified atom stereocenters. The van der Waals surface area contributed by atoms with Crippen molar-refractivity contribution in [3.05, 3.63) is 36.0 Å². The van der Waals surface area contributed by atoms with E-state index in [1.807, 2.05) is 5.10 Å². The smallest absolute Gasteiger partial charge is 0.348 e. The summed E-state index contributed by atoms with van der Waals surface area (Å²) >= 11 is 0. The molecule has 0 atom stereocenters. The third-order valence-corrected chi connectivity index (χ3v) is 2.39. The molecule has 0 radical (unpaired) electrons. The van der Waals surface area contributed by atoms with Crippen LogP contribution in [0.1, 0.15) is 5.69 Å². The van der Waals surface area contributed by atoms with Crippen molar-refractivity contribution in [2.45, 2.75) is 12.3 Å². The summed E-state index contributed by atoms with van der Waals surface area (Å²) in [5.74, 6) is -4.47. The number of alkyl halides is 4. The van der Waals surface area contributed by atoms with Crippen molar-refractivity contribution in [1.82, 2.24) is 10.2 Å². The summed E-state index contributed by atoms with van der Waals surface area (Å²) in [6.45, 7) is 0. The maximum absolute atomic E-state index is 13.0. The highest BCUT2D eigenvalue weighted by atomic mass is 19.3. The number of benzene rings is 1. The Kier molecular flexibility index (Phi) is 2.98. The second kappa shape index (κ2) is 4.32. The molecule has 96 valence electrons. The van der Waals surface area contributed by atoms with Gasteiger partial charge in [-0.05, 0) is 18.2 Å². The van der Waals surface area contributed by atoms with Crippen molar-refractivity contribution in [3.63, 3.8) is 0 Å². The average molecular weight is 260 g/mol. The number of hydrogen-bond acceptors (Lipinski definition) is 2. The summed E-state index contributed by atoms with van der Waals surface area (Å²) in [6.07, 6.45) is -3.82. The number of para-hydroxylation sites is 1. The summed E-state index contributed by atoms with van der Waals surface area (Å²) in [7, 11) is 0. The summed E-state index contributed by atoms with van der Waals surface area (Å²) < 4.78 is 50.3. The van der Waals surface area contributed by atoms with Crippen LogP contribution in [0, 0.1) is 0 Å². The molecule has 0 saturated carbocycles. The van der Waals surface area contributed by atoms with Gasteiger partial charge in [0.15, 0.2) is 0 Å². The lowest BCUT2D eigenvalue weighted by Crippen LogP contribution is -2.23. The molecule has 1 aromatic carbocycles. The van der Waals surface area contributed by atoms with Crippen LogP contribution in [-0.2, 0) is 5.92 Å². The topological polar surface area (TPSA) is 48.9 Å². The highest BCUT2D eigenvalue weighted by Gasteiger charge is 2.44. The highest BCUT2D eigenvalue weighted by molar-refractivity contribution is 5.66. The molecule has 0 aliphatic rings. The van der Waals surface area contributed by atoms with Gasteiger partial charge in [0.2, 0.25) is 0 Å². The Balaban J connectivity index is 2.41. The fourth-order valence-electron chi connectivity index (χ4n) is 1.44. The molecule has 1 aromatic heterocycles. The fraction of sp³-hybridized carbons (Fsp3) is 0.182. The van der Waals surface area contributed by atoms with Crippen molar-refractivity contribution < 1.29 is 22.7 Å². The first-order valence-corrected chi connectivity index (χ1v) is 4.93. The predicted molar refractivity (Wildman–Crippen MR) is 55.6 cm³/mol. The van der Waals surface area contributed by atoms with Crippen molar-refractivity contribution >= 4 is 0 Å². The summed E-state index contributed by atoms with van der Waals surface area (Å²) in [5.41, 5.74) is -0.829.